The molecule has 5 rings (SSSR count). The number of carbonyl (C=O) groups excluding carboxylic acids is 1. The van der Waals surface area contributed by atoms with Gasteiger partial charge in [-0.25, -0.2) is 4.79 Å². The van der Waals surface area contributed by atoms with E-state index in [1.54, 1.807) is 30.1 Å². The second-order valence-corrected chi connectivity index (χ2v) is 14.2. The monoisotopic (exact) mass is 517 g/mol. The van der Waals surface area contributed by atoms with Crippen molar-refractivity contribution in [3.05, 3.63) is 47.8 Å². The maximum atomic E-state index is 12.5. The number of carbonyl (C=O) groups is 1. The predicted molar refractivity (Wildman–Crippen MR) is 156 cm³/mol. The zero-order valence-corrected chi connectivity index (χ0v) is 24.6. The average Bonchev–Trinajstić information content (AvgIpc) is 3.25. The van der Waals surface area contributed by atoms with E-state index in [1.165, 1.54) is 51.4 Å². The van der Waals surface area contributed by atoms with Gasteiger partial charge in [0.15, 0.2) is 0 Å². The lowest BCUT2D eigenvalue weighted by atomic mass is 9.47. The molecule has 0 spiro atoms. The number of esters is 1. The van der Waals surface area contributed by atoms with Crippen LogP contribution in [0.15, 0.2) is 42.3 Å². The first-order valence-electron chi connectivity index (χ1n) is 15.7. The number of allylic oxidation sites excluding steroid dienone is 1. The fourth-order valence-electron chi connectivity index (χ4n) is 9.60. The van der Waals surface area contributed by atoms with Gasteiger partial charge in [0.25, 0.3) is 0 Å². The summed E-state index contributed by atoms with van der Waals surface area (Å²) < 4.78 is 5.93. The zero-order chi connectivity index (χ0) is 26.9. The van der Waals surface area contributed by atoms with Gasteiger partial charge >= 0.3 is 5.97 Å². The van der Waals surface area contributed by atoms with Crippen LogP contribution in [0.2, 0.25) is 0 Å². The second-order valence-electron chi connectivity index (χ2n) is 14.2. The fourth-order valence-corrected chi connectivity index (χ4v) is 9.60. The lowest BCUT2D eigenvalue weighted by Crippen LogP contribution is -2.51. The van der Waals surface area contributed by atoms with Crippen molar-refractivity contribution in [2.75, 3.05) is 0 Å². The molecule has 0 bridgehead atoms. The average molecular weight is 518 g/mol. The Kier molecular flexibility index (Phi) is 8.22. The van der Waals surface area contributed by atoms with E-state index in [9.17, 15) is 4.79 Å². The van der Waals surface area contributed by atoms with Crippen molar-refractivity contribution >= 4 is 12.0 Å². The van der Waals surface area contributed by atoms with Gasteiger partial charge in [-0.05, 0) is 109 Å². The Hall–Kier alpha value is -1.90. The predicted octanol–water partition coefficient (Wildman–Crippen LogP) is 9.05. The number of fused-ring (bicyclic) bond motifs is 5. The summed E-state index contributed by atoms with van der Waals surface area (Å²) in [5, 5.41) is 0. The summed E-state index contributed by atoms with van der Waals surface area (Å²) in [6, 6.07) is 3.82. The minimum Gasteiger partial charge on any atom is -0.459 e. The van der Waals surface area contributed by atoms with Crippen molar-refractivity contribution in [2.24, 2.45) is 46.3 Å². The Balaban J connectivity index is 1.22. The van der Waals surface area contributed by atoms with E-state index in [-0.39, 0.29) is 12.1 Å². The third-order valence-corrected chi connectivity index (χ3v) is 11.6. The van der Waals surface area contributed by atoms with Crippen LogP contribution in [-0.4, -0.2) is 17.1 Å². The van der Waals surface area contributed by atoms with E-state index in [1.807, 2.05) is 12.1 Å². The SMILES string of the molecule is CC(C)CCCC(C)C1CCC2C3CC=C4CC(OC(=O)/C=C/c5cccnc5)CCC4(C)C3CCC12C. The summed E-state index contributed by atoms with van der Waals surface area (Å²) in [5.41, 5.74) is 3.33. The highest BCUT2D eigenvalue weighted by molar-refractivity contribution is 5.87. The van der Waals surface area contributed by atoms with Crippen LogP contribution >= 0.6 is 0 Å². The lowest BCUT2D eigenvalue weighted by Gasteiger charge is -2.58. The van der Waals surface area contributed by atoms with Gasteiger partial charge in [0.2, 0.25) is 0 Å². The van der Waals surface area contributed by atoms with Crippen molar-refractivity contribution in [3.63, 3.8) is 0 Å². The molecule has 38 heavy (non-hydrogen) atoms. The molecule has 0 aliphatic heterocycles. The first-order valence-corrected chi connectivity index (χ1v) is 15.7. The van der Waals surface area contributed by atoms with Gasteiger partial charge in [-0.3, -0.25) is 4.98 Å². The first-order chi connectivity index (χ1) is 18.2. The molecule has 1 aromatic heterocycles. The van der Waals surface area contributed by atoms with E-state index in [0.29, 0.717) is 10.8 Å². The second kappa shape index (κ2) is 11.3. The lowest BCUT2D eigenvalue weighted by molar-refractivity contribution is -0.145. The Morgan fingerprint density at radius 2 is 1.95 bits per heavy atom. The number of hydrogen-bond acceptors (Lipinski definition) is 3. The van der Waals surface area contributed by atoms with Crippen LogP contribution in [-0.2, 0) is 9.53 Å². The molecule has 0 saturated heterocycles. The normalized spacial score (nSPS) is 37.3. The van der Waals surface area contributed by atoms with Crippen LogP contribution in [0.1, 0.15) is 111 Å². The molecule has 1 heterocycles. The van der Waals surface area contributed by atoms with Crippen molar-refractivity contribution in [2.45, 2.75) is 111 Å². The van der Waals surface area contributed by atoms with E-state index in [2.05, 4.69) is 45.7 Å². The highest BCUT2D eigenvalue weighted by atomic mass is 16.5. The molecule has 3 nitrogen and oxygen atoms in total. The summed E-state index contributed by atoms with van der Waals surface area (Å²) in [6.45, 7) is 12.5. The number of rotatable bonds is 8. The van der Waals surface area contributed by atoms with Crippen LogP contribution in [0.4, 0.5) is 0 Å². The van der Waals surface area contributed by atoms with Gasteiger partial charge in [0, 0.05) is 24.9 Å². The standard InChI is InChI=1S/C35H51NO2/c1-24(2)8-6-9-25(3)30-14-15-31-29-13-12-27-22-28(38-33(37)16-11-26-10-7-21-36-23-26)17-19-34(27,4)32(29)18-20-35(30,31)5/h7,10-12,16,21,23-25,28-32H,6,8-9,13-15,17-20,22H2,1-5H3/b16-11+. The van der Waals surface area contributed by atoms with Crippen molar-refractivity contribution in [1.29, 1.82) is 0 Å². The third kappa shape index (κ3) is 5.41. The molecule has 0 aromatic carbocycles. The highest BCUT2D eigenvalue weighted by Crippen LogP contribution is 2.67. The first kappa shape index (κ1) is 27.7. The van der Waals surface area contributed by atoms with E-state index < -0.39 is 0 Å². The molecule has 4 aliphatic carbocycles. The molecule has 4 aliphatic rings. The third-order valence-electron chi connectivity index (χ3n) is 11.6. The Bertz CT molecular complexity index is 1030. The number of nitrogens with zero attached hydrogens (tertiary/aromatic N) is 1. The molecule has 0 amide bonds. The molecule has 208 valence electrons. The molecule has 8 atom stereocenters. The summed E-state index contributed by atoms with van der Waals surface area (Å²) in [7, 11) is 0. The number of pyridine rings is 1. The fraction of sp³-hybridized carbons (Fsp3) is 0.714. The summed E-state index contributed by atoms with van der Waals surface area (Å²) in [4.78, 5) is 16.7. The molecule has 3 saturated carbocycles. The Morgan fingerprint density at radius 1 is 1.11 bits per heavy atom. The van der Waals surface area contributed by atoms with Crippen LogP contribution in [0.5, 0.6) is 0 Å². The molecule has 3 fully saturated rings. The van der Waals surface area contributed by atoms with E-state index >= 15 is 0 Å². The summed E-state index contributed by atoms with van der Waals surface area (Å²) >= 11 is 0. The summed E-state index contributed by atoms with van der Waals surface area (Å²) in [5.74, 6) is 4.91. The number of aromatic nitrogens is 1. The molecule has 3 heteroatoms. The molecule has 0 N–H and O–H groups in total. The molecule has 1 aromatic rings. The number of ether oxygens (including phenoxy) is 1. The minimum absolute atomic E-state index is 0.00771. The topological polar surface area (TPSA) is 39.2 Å². The zero-order valence-electron chi connectivity index (χ0n) is 24.6. The highest BCUT2D eigenvalue weighted by Gasteiger charge is 2.59. The Labute approximate surface area is 231 Å². The van der Waals surface area contributed by atoms with Crippen LogP contribution in [0.3, 0.4) is 0 Å². The van der Waals surface area contributed by atoms with E-state index in [4.69, 9.17) is 4.74 Å². The van der Waals surface area contributed by atoms with E-state index in [0.717, 1.165) is 60.3 Å². The van der Waals surface area contributed by atoms with Gasteiger partial charge in [-0.15, -0.1) is 0 Å². The molecular formula is C35H51NO2. The summed E-state index contributed by atoms with van der Waals surface area (Å²) in [6.07, 6.45) is 23.6. The van der Waals surface area contributed by atoms with Gasteiger partial charge in [0.1, 0.15) is 6.10 Å². The number of hydrogen-bond donors (Lipinski definition) is 0. The minimum atomic E-state index is -0.232. The van der Waals surface area contributed by atoms with Gasteiger partial charge in [-0.2, -0.15) is 0 Å². The van der Waals surface area contributed by atoms with Crippen molar-refractivity contribution < 1.29 is 9.53 Å². The van der Waals surface area contributed by atoms with Crippen molar-refractivity contribution in [3.8, 4) is 0 Å². The van der Waals surface area contributed by atoms with Gasteiger partial charge < -0.3 is 4.74 Å². The Morgan fingerprint density at radius 3 is 2.71 bits per heavy atom. The van der Waals surface area contributed by atoms with Gasteiger partial charge in [0.05, 0.1) is 0 Å². The maximum absolute atomic E-state index is 12.5. The molecular weight excluding hydrogens is 466 g/mol. The quantitative estimate of drug-likeness (QED) is 0.196. The van der Waals surface area contributed by atoms with Crippen LogP contribution < -0.4 is 0 Å². The molecule has 0 radical (unpaired) electrons. The van der Waals surface area contributed by atoms with Crippen LogP contribution in [0, 0.1) is 46.3 Å². The maximum Gasteiger partial charge on any atom is 0.331 e. The largest absolute Gasteiger partial charge is 0.459 e. The van der Waals surface area contributed by atoms with Crippen molar-refractivity contribution in [1.82, 2.24) is 4.98 Å². The molecule has 8 unspecified atom stereocenters. The van der Waals surface area contributed by atoms with Crippen LogP contribution in [0.25, 0.3) is 6.08 Å². The van der Waals surface area contributed by atoms with Gasteiger partial charge in [-0.1, -0.05) is 71.6 Å². The smallest absolute Gasteiger partial charge is 0.331 e.